The van der Waals surface area contributed by atoms with Crippen LogP contribution in [0.15, 0.2) is 36.3 Å². The first-order valence-corrected chi connectivity index (χ1v) is 10.9. The summed E-state index contributed by atoms with van der Waals surface area (Å²) < 4.78 is 0. The number of carbonyl (C=O) groups excluding carboxylic acids is 2. The standard InChI is InChI=1S/C21H23N5O3S/c1-21(7-4-13(27)5-8-21)26-14-6-10-23-19-15(14)16(25-20(26)29)17(30-19)18(28)24-12-3-2-9-22-11-12/h4-7,10,12,22,27H,2-3,8-9,11H2,1H3,(H,24,28)(H,25,29)/t12-,21?/m1/s1. The number of amides is 3. The van der Waals surface area contributed by atoms with E-state index >= 15 is 0 Å². The van der Waals surface area contributed by atoms with Gasteiger partial charge in [0, 0.05) is 18.8 Å². The Balaban J connectivity index is 1.54. The summed E-state index contributed by atoms with van der Waals surface area (Å²) in [5.41, 5.74) is 0.609. The molecule has 5 rings (SSSR count). The van der Waals surface area contributed by atoms with Crippen molar-refractivity contribution < 1.29 is 14.7 Å². The molecule has 0 radical (unpaired) electrons. The number of hydrogen-bond donors (Lipinski definition) is 4. The summed E-state index contributed by atoms with van der Waals surface area (Å²) in [5.74, 6) is 0.00943. The molecule has 0 saturated carbocycles. The van der Waals surface area contributed by atoms with Crippen LogP contribution >= 0.6 is 11.3 Å². The number of aliphatic hydroxyl groups is 1. The molecule has 1 saturated heterocycles. The van der Waals surface area contributed by atoms with Crippen molar-refractivity contribution in [1.29, 1.82) is 0 Å². The number of allylic oxidation sites excluding steroid dienone is 1. The first-order chi connectivity index (χ1) is 14.5. The number of hydrogen-bond acceptors (Lipinski definition) is 6. The van der Waals surface area contributed by atoms with Gasteiger partial charge in [-0.3, -0.25) is 9.69 Å². The average molecular weight is 426 g/mol. The first kappa shape index (κ1) is 19.1. The van der Waals surface area contributed by atoms with Gasteiger partial charge in [0.25, 0.3) is 5.91 Å². The van der Waals surface area contributed by atoms with Crippen LogP contribution in [0, 0.1) is 0 Å². The van der Waals surface area contributed by atoms with E-state index in [0.717, 1.165) is 37.0 Å². The Hall–Kier alpha value is -2.91. The molecule has 4 heterocycles. The van der Waals surface area contributed by atoms with Crippen LogP contribution in [0.4, 0.5) is 16.2 Å². The van der Waals surface area contributed by atoms with Crippen LogP contribution in [-0.4, -0.2) is 46.7 Å². The number of aromatic nitrogens is 1. The Bertz CT molecular complexity index is 1100. The lowest BCUT2D eigenvalue weighted by Crippen LogP contribution is -2.52. The highest BCUT2D eigenvalue weighted by molar-refractivity contribution is 7.21. The third-order valence-electron chi connectivity index (χ3n) is 5.93. The molecule has 2 aromatic heterocycles. The number of carbonyl (C=O) groups is 2. The summed E-state index contributed by atoms with van der Waals surface area (Å²) in [5, 5.41) is 19.8. The predicted molar refractivity (Wildman–Crippen MR) is 117 cm³/mol. The summed E-state index contributed by atoms with van der Waals surface area (Å²) in [6.07, 6.45) is 9.25. The normalized spacial score (nSPS) is 25.8. The Morgan fingerprint density at radius 1 is 1.47 bits per heavy atom. The summed E-state index contributed by atoms with van der Waals surface area (Å²) >= 11 is 1.29. The maximum atomic E-state index is 13.2. The fraction of sp³-hybridized carbons (Fsp3) is 0.381. The van der Waals surface area contributed by atoms with E-state index in [2.05, 4.69) is 20.9 Å². The fourth-order valence-corrected chi connectivity index (χ4v) is 5.38. The molecule has 2 aliphatic heterocycles. The highest BCUT2D eigenvalue weighted by atomic mass is 32.1. The van der Waals surface area contributed by atoms with Crippen molar-refractivity contribution >= 4 is 44.9 Å². The van der Waals surface area contributed by atoms with E-state index in [0.29, 0.717) is 21.8 Å². The molecule has 9 heteroatoms. The van der Waals surface area contributed by atoms with Crippen molar-refractivity contribution in [2.45, 2.75) is 37.8 Å². The Morgan fingerprint density at radius 3 is 3.07 bits per heavy atom. The van der Waals surface area contributed by atoms with E-state index in [9.17, 15) is 14.7 Å². The summed E-state index contributed by atoms with van der Waals surface area (Å²) in [6, 6.07) is 1.59. The van der Waals surface area contributed by atoms with Gasteiger partial charge in [0.1, 0.15) is 15.5 Å². The number of anilines is 2. The van der Waals surface area contributed by atoms with Crippen LogP contribution < -0.4 is 20.9 Å². The molecular weight excluding hydrogens is 402 g/mol. The number of thiophene rings is 1. The molecule has 2 aromatic rings. The van der Waals surface area contributed by atoms with Gasteiger partial charge in [-0.05, 0) is 50.9 Å². The van der Waals surface area contributed by atoms with Gasteiger partial charge in [0.05, 0.1) is 22.3 Å². The third kappa shape index (κ3) is 3.05. The van der Waals surface area contributed by atoms with Crippen LogP contribution in [0.25, 0.3) is 10.2 Å². The third-order valence-corrected chi connectivity index (χ3v) is 7.03. The summed E-state index contributed by atoms with van der Waals surface area (Å²) in [7, 11) is 0. The second-order valence-corrected chi connectivity index (χ2v) is 9.12. The second kappa shape index (κ2) is 7.10. The van der Waals surface area contributed by atoms with E-state index in [1.54, 1.807) is 29.3 Å². The van der Waals surface area contributed by atoms with Gasteiger partial charge in [0.2, 0.25) is 0 Å². The molecule has 8 nitrogen and oxygen atoms in total. The maximum Gasteiger partial charge on any atom is 0.327 e. The van der Waals surface area contributed by atoms with Crippen molar-refractivity contribution in [2.24, 2.45) is 0 Å². The van der Waals surface area contributed by atoms with Crippen LogP contribution in [0.5, 0.6) is 0 Å². The van der Waals surface area contributed by atoms with Crippen molar-refractivity contribution in [3.63, 3.8) is 0 Å². The SMILES string of the molecule is CC1(N2C(=O)Nc3c(C(=O)N[C@@H]4CCCNC4)sc4nccc2c34)C=CC(O)=CC1. The van der Waals surface area contributed by atoms with Gasteiger partial charge >= 0.3 is 6.03 Å². The highest BCUT2D eigenvalue weighted by Crippen LogP contribution is 2.46. The molecule has 0 aromatic carbocycles. The van der Waals surface area contributed by atoms with Crippen LogP contribution in [0.1, 0.15) is 35.9 Å². The van der Waals surface area contributed by atoms with E-state index in [-0.39, 0.29) is 23.7 Å². The molecule has 3 aliphatic rings. The van der Waals surface area contributed by atoms with E-state index in [1.165, 1.54) is 11.3 Å². The minimum Gasteiger partial charge on any atom is -0.508 e. The molecule has 4 N–H and O–H groups in total. The number of nitrogens with one attached hydrogen (secondary N) is 3. The fourth-order valence-electron chi connectivity index (χ4n) is 4.36. The number of nitrogens with zero attached hydrogens (tertiary/aromatic N) is 2. The smallest absolute Gasteiger partial charge is 0.327 e. The number of piperidine rings is 1. The molecule has 30 heavy (non-hydrogen) atoms. The quantitative estimate of drug-likeness (QED) is 0.604. The van der Waals surface area contributed by atoms with Crippen molar-refractivity contribution in [1.82, 2.24) is 15.6 Å². The first-order valence-electron chi connectivity index (χ1n) is 10.1. The molecule has 1 fully saturated rings. The minimum atomic E-state index is -0.638. The van der Waals surface area contributed by atoms with Gasteiger partial charge in [-0.15, -0.1) is 11.3 Å². The maximum absolute atomic E-state index is 13.2. The lowest BCUT2D eigenvalue weighted by Gasteiger charge is -2.42. The van der Waals surface area contributed by atoms with Gasteiger partial charge in [0.15, 0.2) is 0 Å². The number of aliphatic hydroxyl groups excluding tert-OH is 1. The molecular formula is C21H23N5O3S. The Morgan fingerprint density at radius 2 is 2.33 bits per heavy atom. The van der Waals surface area contributed by atoms with Crippen LogP contribution in [0.2, 0.25) is 0 Å². The van der Waals surface area contributed by atoms with Crippen LogP contribution in [-0.2, 0) is 0 Å². The molecule has 1 aliphatic carbocycles. The lowest BCUT2D eigenvalue weighted by molar-refractivity contribution is 0.0935. The van der Waals surface area contributed by atoms with Crippen LogP contribution in [0.3, 0.4) is 0 Å². The summed E-state index contributed by atoms with van der Waals surface area (Å²) in [6.45, 7) is 3.67. The van der Waals surface area contributed by atoms with E-state index in [4.69, 9.17) is 0 Å². The number of urea groups is 1. The number of rotatable bonds is 3. The summed E-state index contributed by atoms with van der Waals surface area (Å²) in [4.78, 5) is 33.5. The van der Waals surface area contributed by atoms with Gasteiger partial charge in [-0.1, -0.05) is 6.08 Å². The molecule has 156 valence electrons. The lowest BCUT2D eigenvalue weighted by atomic mass is 9.89. The number of pyridine rings is 1. The largest absolute Gasteiger partial charge is 0.508 e. The highest BCUT2D eigenvalue weighted by Gasteiger charge is 2.41. The van der Waals surface area contributed by atoms with E-state index in [1.807, 2.05) is 13.0 Å². The molecule has 0 bridgehead atoms. The molecule has 0 spiro atoms. The van der Waals surface area contributed by atoms with Crippen molar-refractivity contribution in [3.05, 3.63) is 41.1 Å². The topological polar surface area (TPSA) is 107 Å². The van der Waals surface area contributed by atoms with Gasteiger partial charge < -0.3 is 21.1 Å². The second-order valence-electron chi connectivity index (χ2n) is 8.12. The monoisotopic (exact) mass is 425 g/mol. The average Bonchev–Trinajstić information content (AvgIpc) is 3.11. The van der Waals surface area contributed by atoms with Gasteiger partial charge in [-0.2, -0.15) is 0 Å². The predicted octanol–water partition coefficient (Wildman–Crippen LogP) is 3.29. The Labute approximate surface area is 177 Å². The van der Waals surface area contributed by atoms with Gasteiger partial charge in [-0.25, -0.2) is 9.78 Å². The van der Waals surface area contributed by atoms with E-state index < -0.39 is 5.54 Å². The molecule has 3 amide bonds. The minimum absolute atomic E-state index is 0.0811. The Kier molecular flexibility index (Phi) is 4.52. The molecule has 2 atom stereocenters. The zero-order valence-corrected chi connectivity index (χ0v) is 17.4. The molecule has 1 unspecified atom stereocenters. The van der Waals surface area contributed by atoms with Crippen molar-refractivity contribution in [3.8, 4) is 0 Å². The zero-order chi connectivity index (χ0) is 20.9. The van der Waals surface area contributed by atoms with Crippen molar-refractivity contribution in [2.75, 3.05) is 23.3 Å². The zero-order valence-electron chi connectivity index (χ0n) is 16.6.